The first-order valence-electron chi connectivity index (χ1n) is 7.86. The van der Waals surface area contributed by atoms with Gasteiger partial charge in [0.15, 0.2) is 11.5 Å². The molecule has 0 saturated heterocycles. The highest BCUT2D eigenvalue weighted by molar-refractivity contribution is 5.97. The summed E-state index contributed by atoms with van der Waals surface area (Å²) in [6.45, 7) is 0. The van der Waals surface area contributed by atoms with Crippen molar-refractivity contribution in [3.63, 3.8) is 0 Å². The summed E-state index contributed by atoms with van der Waals surface area (Å²) in [5, 5.41) is 1.91. The van der Waals surface area contributed by atoms with Gasteiger partial charge in [-0.05, 0) is 29.8 Å². The topological polar surface area (TPSA) is 53.6 Å². The molecule has 0 unspecified atom stereocenters. The number of nitrogens with zero attached hydrogens (tertiary/aromatic N) is 1. The van der Waals surface area contributed by atoms with Crippen LogP contribution in [0, 0.1) is 0 Å². The van der Waals surface area contributed by atoms with Crippen LogP contribution in [0.1, 0.15) is 0 Å². The molecule has 25 heavy (non-hydrogen) atoms. The molecule has 0 aliphatic carbocycles. The Morgan fingerprint density at radius 2 is 1.72 bits per heavy atom. The molecule has 0 atom stereocenters. The van der Waals surface area contributed by atoms with E-state index >= 15 is 0 Å². The maximum Gasteiger partial charge on any atom is 0.336 e. The molecule has 2 aromatic heterocycles. The Morgan fingerprint density at radius 1 is 0.960 bits per heavy atom. The van der Waals surface area contributed by atoms with Gasteiger partial charge in [-0.25, -0.2) is 4.79 Å². The van der Waals surface area contributed by atoms with Crippen LogP contribution >= 0.6 is 0 Å². The normalized spacial score (nSPS) is 11.2. The molecule has 0 fully saturated rings. The molecule has 0 N–H and O–H groups in total. The number of hydrogen-bond acceptors (Lipinski definition) is 4. The minimum Gasteiger partial charge on any atom is -0.493 e. The zero-order valence-electron chi connectivity index (χ0n) is 14.2. The van der Waals surface area contributed by atoms with Crippen molar-refractivity contribution in [2.75, 3.05) is 14.2 Å². The van der Waals surface area contributed by atoms with Crippen molar-refractivity contribution in [2.45, 2.75) is 0 Å². The van der Waals surface area contributed by atoms with Crippen molar-refractivity contribution < 1.29 is 13.9 Å². The Kier molecular flexibility index (Phi) is 3.50. The Hall–Kier alpha value is -3.21. The minimum absolute atomic E-state index is 0.400. The van der Waals surface area contributed by atoms with Crippen LogP contribution in [0.5, 0.6) is 11.5 Å². The van der Waals surface area contributed by atoms with Gasteiger partial charge in [0.1, 0.15) is 5.58 Å². The summed E-state index contributed by atoms with van der Waals surface area (Å²) in [5.41, 5.74) is 2.95. The van der Waals surface area contributed by atoms with Gasteiger partial charge in [-0.2, -0.15) is 0 Å². The number of hydrogen-bond donors (Lipinski definition) is 0. The van der Waals surface area contributed by atoms with Crippen LogP contribution in [-0.4, -0.2) is 18.8 Å². The number of rotatable bonds is 3. The molecule has 2 heterocycles. The maximum absolute atomic E-state index is 12.1. The number of fused-ring (bicyclic) bond motifs is 2. The van der Waals surface area contributed by atoms with Gasteiger partial charge >= 0.3 is 5.63 Å². The molecule has 126 valence electrons. The number of aromatic nitrogens is 1. The SMILES string of the molecule is COc1cc2oc(=O)cc(-c3ccc4c(ccn4C)c3)c2cc1OC. The van der Waals surface area contributed by atoms with Crippen LogP contribution < -0.4 is 15.1 Å². The number of benzene rings is 2. The average Bonchev–Trinajstić information content (AvgIpc) is 3.00. The van der Waals surface area contributed by atoms with E-state index in [1.807, 2.05) is 31.4 Å². The summed E-state index contributed by atoms with van der Waals surface area (Å²) in [7, 11) is 5.14. The minimum atomic E-state index is -0.400. The Bertz CT molecular complexity index is 1150. The Labute approximate surface area is 144 Å². The summed E-state index contributed by atoms with van der Waals surface area (Å²) in [6, 6.07) is 13.2. The third-order valence-electron chi connectivity index (χ3n) is 4.44. The first kappa shape index (κ1) is 15.3. The van der Waals surface area contributed by atoms with Crippen LogP contribution in [0.2, 0.25) is 0 Å². The fraction of sp³-hybridized carbons (Fsp3) is 0.150. The van der Waals surface area contributed by atoms with E-state index < -0.39 is 5.63 Å². The maximum atomic E-state index is 12.1. The standard InChI is InChI=1S/C20H17NO4/c1-21-7-6-13-8-12(4-5-16(13)21)14-10-20(22)25-17-11-19(24-3)18(23-2)9-15(14)17/h4-11H,1-3H3. The molecule has 0 radical (unpaired) electrons. The number of methoxy groups -OCH3 is 2. The van der Waals surface area contributed by atoms with Gasteiger partial charge in [-0.1, -0.05) is 6.07 Å². The van der Waals surface area contributed by atoms with Gasteiger partial charge in [-0.15, -0.1) is 0 Å². The Morgan fingerprint density at radius 3 is 2.48 bits per heavy atom. The summed E-state index contributed by atoms with van der Waals surface area (Å²) in [4.78, 5) is 12.1. The molecular weight excluding hydrogens is 318 g/mol. The first-order chi connectivity index (χ1) is 12.1. The smallest absolute Gasteiger partial charge is 0.336 e. The lowest BCUT2D eigenvalue weighted by Gasteiger charge is -2.11. The lowest BCUT2D eigenvalue weighted by atomic mass is 10.0. The summed E-state index contributed by atoms with van der Waals surface area (Å²) < 4.78 is 18.1. The molecule has 4 rings (SSSR count). The van der Waals surface area contributed by atoms with Gasteiger partial charge in [0.05, 0.1) is 14.2 Å². The molecule has 0 spiro atoms. The van der Waals surface area contributed by atoms with E-state index in [0.717, 1.165) is 27.4 Å². The summed E-state index contributed by atoms with van der Waals surface area (Å²) >= 11 is 0. The lowest BCUT2D eigenvalue weighted by molar-refractivity contribution is 0.355. The molecule has 0 amide bonds. The Balaban J connectivity index is 2.03. The van der Waals surface area contributed by atoms with Crippen molar-refractivity contribution in [1.29, 1.82) is 0 Å². The molecule has 0 aliphatic rings. The van der Waals surface area contributed by atoms with Crippen molar-refractivity contribution in [2.24, 2.45) is 7.05 Å². The molecule has 4 aromatic rings. The van der Waals surface area contributed by atoms with E-state index in [1.165, 1.54) is 6.07 Å². The molecule has 2 aromatic carbocycles. The second kappa shape index (κ2) is 5.70. The van der Waals surface area contributed by atoms with Gasteiger partial charge in [0, 0.05) is 47.2 Å². The first-order valence-corrected chi connectivity index (χ1v) is 7.86. The third kappa shape index (κ3) is 2.45. The molecular formula is C20H17NO4. The van der Waals surface area contributed by atoms with Crippen molar-refractivity contribution in [3.05, 3.63) is 59.1 Å². The molecule has 5 nitrogen and oxygen atoms in total. The summed E-state index contributed by atoms with van der Waals surface area (Å²) in [5.74, 6) is 1.11. The van der Waals surface area contributed by atoms with Gasteiger partial charge in [0.2, 0.25) is 0 Å². The van der Waals surface area contributed by atoms with E-state index in [-0.39, 0.29) is 0 Å². The third-order valence-corrected chi connectivity index (χ3v) is 4.44. The van der Waals surface area contributed by atoms with Crippen LogP contribution in [0.3, 0.4) is 0 Å². The van der Waals surface area contributed by atoms with Gasteiger partial charge in [0.25, 0.3) is 0 Å². The van der Waals surface area contributed by atoms with E-state index in [4.69, 9.17) is 13.9 Å². The molecule has 0 bridgehead atoms. The predicted molar refractivity (Wildman–Crippen MR) is 97.5 cm³/mol. The second-order valence-corrected chi connectivity index (χ2v) is 5.88. The molecule has 0 aliphatic heterocycles. The van der Waals surface area contributed by atoms with E-state index in [0.29, 0.717) is 17.1 Å². The van der Waals surface area contributed by atoms with E-state index in [9.17, 15) is 4.79 Å². The highest BCUT2D eigenvalue weighted by atomic mass is 16.5. The van der Waals surface area contributed by atoms with Crippen LogP contribution in [0.25, 0.3) is 33.0 Å². The zero-order valence-corrected chi connectivity index (χ0v) is 14.2. The largest absolute Gasteiger partial charge is 0.493 e. The second-order valence-electron chi connectivity index (χ2n) is 5.88. The fourth-order valence-corrected chi connectivity index (χ4v) is 3.18. The van der Waals surface area contributed by atoms with Crippen LogP contribution in [0.4, 0.5) is 0 Å². The summed E-state index contributed by atoms with van der Waals surface area (Å²) in [6.07, 6.45) is 2.01. The van der Waals surface area contributed by atoms with Crippen LogP contribution in [-0.2, 0) is 7.05 Å². The van der Waals surface area contributed by atoms with Crippen molar-refractivity contribution >= 4 is 21.9 Å². The van der Waals surface area contributed by atoms with E-state index in [2.05, 4.69) is 16.7 Å². The number of aryl methyl sites for hydroxylation is 1. The highest BCUT2D eigenvalue weighted by Gasteiger charge is 2.14. The van der Waals surface area contributed by atoms with Crippen LogP contribution in [0.15, 0.2) is 57.9 Å². The number of ether oxygens (including phenoxy) is 2. The fourth-order valence-electron chi connectivity index (χ4n) is 3.18. The molecule has 5 heteroatoms. The quantitative estimate of drug-likeness (QED) is 0.532. The predicted octanol–water partition coefficient (Wildman–Crippen LogP) is 3.97. The lowest BCUT2D eigenvalue weighted by Crippen LogP contribution is -1.99. The van der Waals surface area contributed by atoms with Crippen molar-refractivity contribution in [3.8, 4) is 22.6 Å². The van der Waals surface area contributed by atoms with Gasteiger partial charge < -0.3 is 18.5 Å². The average molecular weight is 335 g/mol. The van der Waals surface area contributed by atoms with E-state index in [1.54, 1.807) is 20.3 Å². The molecule has 0 saturated carbocycles. The highest BCUT2D eigenvalue weighted by Crippen LogP contribution is 2.36. The zero-order chi connectivity index (χ0) is 17.6. The van der Waals surface area contributed by atoms with Crippen molar-refractivity contribution in [1.82, 2.24) is 4.57 Å². The van der Waals surface area contributed by atoms with Gasteiger partial charge in [-0.3, -0.25) is 0 Å². The monoisotopic (exact) mass is 335 g/mol.